The molecule has 6 nitrogen and oxygen atoms in total. The molecule has 0 spiro atoms. The molecule has 3 N–H and O–H groups in total. The molecule has 7 heteroatoms. The zero-order valence-electron chi connectivity index (χ0n) is 10.8. The minimum atomic E-state index is -3.51. The Kier molecular flexibility index (Phi) is 5.78. The van der Waals surface area contributed by atoms with Gasteiger partial charge in [0.15, 0.2) is 0 Å². The number of anilines is 1. The van der Waals surface area contributed by atoms with Gasteiger partial charge in [-0.25, -0.2) is 13.1 Å². The molecule has 0 bridgehead atoms. The third-order valence-electron chi connectivity index (χ3n) is 2.36. The topological polar surface area (TPSA) is 98.5 Å². The summed E-state index contributed by atoms with van der Waals surface area (Å²) in [5.41, 5.74) is 6.64. The van der Waals surface area contributed by atoms with Gasteiger partial charge in [0.1, 0.15) is 0 Å². The third kappa shape index (κ3) is 5.71. The lowest BCUT2D eigenvalue weighted by Crippen LogP contribution is -2.28. The first-order valence-corrected chi connectivity index (χ1v) is 7.56. The van der Waals surface area contributed by atoms with E-state index in [1.165, 1.54) is 0 Å². The van der Waals surface area contributed by atoms with Crippen LogP contribution >= 0.6 is 0 Å². The largest absolute Gasteiger partial charge is 0.466 e. The smallest absolute Gasteiger partial charge is 0.307 e. The highest BCUT2D eigenvalue weighted by molar-refractivity contribution is 7.88. The Labute approximate surface area is 113 Å². The van der Waals surface area contributed by atoms with Crippen LogP contribution in [0.3, 0.4) is 0 Å². The number of nitrogen functional groups attached to an aromatic ring is 1. The molecule has 1 rings (SSSR count). The molecule has 0 fully saturated rings. The van der Waals surface area contributed by atoms with E-state index in [0.29, 0.717) is 11.3 Å². The Morgan fingerprint density at radius 3 is 2.68 bits per heavy atom. The fourth-order valence-electron chi connectivity index (χ4n) is 1.46. The number of nitrogens with one attached hydrogen (secondary N) is 1. The minimum Gasteiger partial charge on any atom is -0.466 e. The highest BCUT2D eigenvalue weighted by Crippen LogP contribution is 2.13. The van der Waals surface area contributed by atoms with E-state index in [2.05, 4.69) is 4.72 Å². The van der Waals surface area contributed by atoms with Crippen LogP contribution in [0, 0.1) is 0 Å². The molecule has 0 heterocycles. The van der Waals surface area contributed by atoms with Crippen molar-refractivity contribution in [3.63, 3.8) is 0 Å². The Balaban J connectivity index is 2.49. The van der Waals surface area contributed by atoms with Crippen molar-refractivity contribution in [1.82, 2.24) is 4.72 Å². The van der Waals surface area contributed by atoms with Gasteiger partial charge in [0.2, 0.25) is 10.0 Å². The second kappa shape index (κ2) is 7.10. The van der Waals surface area contributed by atoms with Gasteiger partial charge >= 0.3 is 5.97 Å². The monoisotopic (exact) mass is 286 g/mol. The molecule has 0 aliphatic carbocycles. The van der Waals surface area contributed by atoms with Crippen LogP contribution in [0.1, 0.15) is 18.9 Å². The lowest BCUT2D eigenvalue weighted by molar-refractivity contribution is -0.142. The molecule has 19 heavy (non-hydrogen) atoms. The molecule has 1 aromatic rings. The molecule has 0 aromatic heterocycles. The van der Waals surface area contributed by atoms with Crippen molar-refractivity contribution in [2.75, 3.05) is 18.9 Å². The lowest BCUT2D eigenvalue weighted by Gasteiger charge is -2.08. The normalized spacial score (nSPS) is 11.2. The highest BCUT2D eigenvalue weighted by Gasteiger charge is 2.13. The second-order valence-corrected chi connectivity index (χ2v) is 5.71. The average molecular weight is 286 g/mol. The molecular weight excluding hydrogens is 268 g/mol. The summed E-state index contributed by atoms with van der Waals surface area (Å²) >= 11 is 0. The van der Waals surface area contributed by atoms with E-state index in [0.717, 1.165) is 0 Å². The predicted molar refractivity (Wildman–Crippen MR) is 72.7 cm³/mol. The van der Waals surface area contributed by atoms with Gasteiger partial charge in [-0.2, -0.15) is 0 Å². The number of hydrogen-bond donors (Lipinski definition) is 2. The fourth-order valence-corrected chi connectivity index (χ4v) is 2.65. The molecule has 0 aliphatic rings. The van der Waals surface area contributed by atoms with Crippen LogP contribution in [0.4, 0.5) is 5.69 Å². The van der Waals surface area contributed by atoms with Gasteiger partial charge in [0.05, 0.1) is 18.8 Å². The molecule has 0 unspecified atom stereocenters. The number of esters is 1. The van der Waals surface area contributed by atoms with E-state index in [4.69, 9.17) is 10.5 Å². The summed E-state index contributed by atoms with van der Waals surface area (Å²) in [5.74, 6) is -0.632. The summed E-state index contributed by atoms with van der Waals surface area (Å²) in [4.78, 5) is 11.1. The Hall–Kier alpha value is -1.60. The standard InChI is InChI=1S/C12H18N2O4S/c1-2-18-12(15)7-8-14-19(16,17)9-10-5-3-4-6-11(10)13/h3-6,14H,2,7-9,13H2,1H3. The van der Waals surface area contributed by atoms with E-state index in [1.807, 2.05) is 0 Å². The maximum atomic E-state index is 11.8. The molecule has 0 radical (unpaired) electrons. The van der Waals surface area contributed by atoms with E-state index in [9.17, 15) is 13.2 Å². The molecule has 0 aliphatic heterocycles. The van der Waals surface area contributed by atoms with Crippen LogP contribution in [0.5, 0.6) is 0 Å². The SMILES string of the molecule is CCOC(=O)CCNS(=O)(=O)Cc1ccccc1N. The number of ether oxygens (including phenoxy) is 1. The van der Waals surface area contributed by atoms with E-state index in [-0.39, 0.29) is 25.3 Å². The van der Waals surface area contributed by atoms with Gasteiger partial charge in [-0.1, -0.05) is 18.2 Å². The number of nitrogens with two attached hydrogens (primary N) is 1. The molecule has 0 atom stereocenters. The summed E-state index contributed by atoms with van der Waals surface area (Å²) in [6.45, 7) is 2.00. The van der Waals surface area contributed by atoms with Gasteiger partial charge in [-0.15, -0.1) is 0 Å². The Morgan fingerprint density at radius 2 is 2.05 bits per heavy atom. The van der Waals surface area contributed by atoms with Crippen molar-refractivity contribution < 1.29 is 17.9 Å². The van der Waals surface area contributed by atoms with Gasteiger partial charge in [0.25, 0.3) is 0 Å². The summed E-state index contributed by atoms with van der Waals surface area (Å²) in [7, 11) is -3.51. The van der Waals surface area contributed by atoms with Crippen molar-refractivity contribution in [2.45, 2.75) is 19.1 Å². The minimum absolute atomic E-state index is 0.0113. The summed E-state index contributed by atoms with van der Waals surface area (Å²) in [6.07, 6.45) is 0.0113. The first-order chi connectivity index (χ1) is 8.94. The lowest BCUT2D eigenvalue weighted by atomic mass is 10.2. The Bertz CT molecular complexity index is 528. The number of para-hydroxylation sites is 1. The molecule has 0 saturated heterocycles. The van der Waals surface area contributed by atoms with Gasteiger partial charge < -0.3 is 10.5 Å². The van der Waals surface area contributed by atoms with Crippen molar-refractivity contribution in [2.24, 2.45) is 0 Å². The maximum Gasteiger partial charge on any atom is 0.307 e. The number of carbonyl (C=O) groups is 1. The van der Waals surface area contributed by atoms with E-state index in [1.54, 1.807) is 31.2 Å². The van der Waals surface area contributed by atoms with Crippen LogP contribution in [-0.4, -0.2) is 27.5 Å². The van der Waals surface area contributed by atoms with Gasteiger partial charge in [-0.05, 0) is 18.6 Å². The summed E-state index contributed by atoms with van der Waals surface area (Å²) in [5, 5.41) is 0. The number of hydrogen-bond acceptors (Lipinski definition) is 5. The maximum absolute atomic E-state index is 11.8. The van der Waals surface area contributed by atoms with Crippen LogP contribution in [0.2, 0.25) is 0 Å². The van der Waals surface area contributed by atoms with E-state index < -0.39 is 16.0 Å². The quantitative estimate of drug-likeness (QED) is 0.566. The predicted octanol–water partition coefficient (Wildman–Crippen LogP) is 0.641. The van der Waals surface area contributed by atoms with E-state index >= 15 is 0 Å². The number of carbonyl (C=O) groups excluding carboxylic acids is 1. The Morgan fingerprint density at radius 1 is 1.37 bits per heavy atom. The molecule has 0 saturated carbocycles. The van der Waals surface area contributed by atoms with Crippen LogP contribution < -0.4 is 10.5 Å². The molecule has 1 aromatic carbocycles. The molecular formula is C12H18N2O4S. The zero-order valence-corrected chi connectivity index (χ0v) is 11.6. The second-order valence-electron chi connectivity index (χ2n) is 3.91. The van der Waals surface area contributed by atoms with Crippen LogP contribution in [0.15, 0.2) is 24.3 Å². The average Bonchev–Trinajstić information content (AvgIpc) is 2.32. The number of rotatable bonds is 7. The summed E-state index contributed by atoms with van der Waals surface area (Å²) < 4.78 is 30.6. The highest BCUT2D eigenvalue weighted by atomic mass is 32.2. The third-order valence-corrected chi connectivity index (χ3v) is 3.69. The summed E-state index contributed by atoms with van der Waals surface area (Å²) in [6, 6.07) is 6.75. The first-order valence-electron chi connectivity index (χ1n) is 5.91. The number of sulfonamides is 1. The van der Waals surface area contributed by atoms with Crippen molar-refractivity contribution >= 4 is 21.7 Å². The molecule has 106 valence electrons. The first kappa shape index (κ1) is 15.5. The molecule has 0 amide bonds. The van der Waals surface area contributed by atoms with Crippen LogP contribution in [0.25, 0.3) is 0 Å². The van der Waals surface area contributed by atoms with Crippen molar-refractivity contribution in [3.8, 4) is 0 Å². The van der Waals surface area contributed by atoms with Gasteiger partial charge in [0, 0.05) is 12.2 Å². The van der Waals surface area contributed by atoms with Crippen molar-refractivity contribution in [1.29, 1.82) is 0 Å². The van der Waals surface area contributed by atoms with Crippen molar-refractivity contribution in [3.05, 3.63) is 29.8 Å². The number of benzene rings is 1. The zero-order chi connectivity index (χ0) is 14.3. The van der Waals surface area contributed by atoms with Gasteiger partial charge in [-0.3, -0.25) is 4.79 Å². The fraction of sp³-hybridized carbons (Fsp3) is 0.417. The van der Waals surface area contributed by atoms with Crippen LogP contribution in [-0.2, 0) is 25.3 Å².